The molecule has 0 heterocycles. The van der Waals surface area contributed by atoms with Crippen LogP contribution in [0.2, 0.25) is 0 Å². The highest BCUT2D eigenvalue weighted by molar-refractivity contribution is 5.69. The molecule has 0 aromatic heterocycles. The van der Waals surface area contributed by atoms with Gasteiger partial charge in [-0.1, -0.05) is 13.3 Å². The molecule has 0 aliphatic rings. The average molecular weight is 217 g/mol. The van der Waals surface area contributed by atoms with E-state index < -0.39 is 0 Å². The van der Waals surface area contributed by atoms with Gasteiger partial charge in [0.25, 0.3) is 0 Å². The van der Waals surface area contributed by atoms with Gasteiger partial charge in [-0.25, -0.2) is 0 Å². The summed E-state index contributed by atoms with van der Waals surface area (Å²) in [6, 6.07) is 0. The van der Waals surface area contributed by atoms with Crippen LogP contribution >= 0.6 is 0 Å². The molecule has 90 valence electrons. The van der Waals surface area contributed by atoms with Gasteiger partial charge in [-0.2, -0.15) is 0 Å². The molecule has 0 unspecified atom stereocenters. The predicted octanol–water partition coefficient (Wildman–Crippen LogP) is 1.35. The third-order valence-corrected chi connectivity index (χ3v) is 1.88. The zero-order valence-corrected chi connectivity index (χ0v) is 9.88. The van der Waals surface area contributed by atoms with Crippen LogP contribution < -0.4 is 5.32 Å². The Labute approximate surface area is 92.3 Å². The topological polar surface area (TPSA) is 47.6 Å². The zero-order chi connectivity index (χ0) is 11.4. The standard InChI is InChI=1S/C11H23NO3/c1-3-5-9-14-10-8-12-7-6-11(13)15-4-2/h12H,3-10H2,1-2H3. The van der Waals surface area contributed by atoms with Gasteiger partial charge in [-0.15, -0.1) is 0 Å². The first-order valence-electron chi connectivity index (χ1n) is 5.75. The van der Waals surface area contributed by atoms with E-state index in [1.165, 1.54) is 0 Å². The van der Waals surface area contributed by atoms with Gasteiger partial charge in [-0.3, -0.25) is 4.79 Å². The summed E-state index contributed by atoms with van der Waals surface area (Å²) in [4.78, 5) is 10.9. The fraction of sp³-hybridized carbons (Fsp3) is 0.909. The number of hydrogen-bond acceptors (Lipinski definition) is 4. The number of hydrogen-bond donors (Lipinski definition) is 1. The van der Waals surface area contributed by atoms with Gasteiger partial charge in [0, 0.05) is 19.7 Å². The zero-order valence-electron chi connectivity index (χ0n) is 9.88. The van der Waals surface area contributed by atoms with E-state index in [1.807, 2.05) is 6.92 Å². The van der Waals surface area contributed by atoms with E-state index in [2.05, 4.69) is 12.2 Å². The largest absolute Gasteiger partial charge is 0.466 e. The van der Waals surface area contributed by atoms with E-state index >= 15 is 0 Å². The molecule has 0 radical (unpaired) electrons. The Morgan fingerprint density at radius 2 is 2.00 bits per heavy atom. The first kappa shape index (κ1) is 14.4. The molecule has 0 aromatic carbocycles. The first-order chi connectivity index (χ1) is 7.31. The van der Waals surface area contributed by atoms with Gasteiger partial charge in [0.15, 0.2) is 0 Å². The molecule has 0 amide bonds. The number of rotatable bonds is 10. The lowest BCUT2D eigenvalue weighted by molar-refractivity contribution is -0.142. The molecule has 0 rings (SSSR count). The van der Waals surface area contributed by atoms with E-state index in [4.69, 9.17) is 9.47 Å². The maximum absolute atomic E-state index is 10.9. The fourth-order valence-corrected chi connectivity index (χ4v) is 1.04. The van der Waals surface area contributed by atoms with Crippen molar-refractivity contribution in [3.05, 3.63) is 0 Å². The van der Waals surface area contributed by atoms with Crippen LogP contribution in [0.15, 0.2) is 0 Å². The Balaban J connectivity index is 3.01. The monoisotopic (exact) mass is 217 g/mol. The van der Waals surface area contributed by atoms with Crippen molar-refractivity contribution in [3.63, 3.8) is 0 Å². The number of carbonyl (C=O) groups is 1. The summed E-state index contributed by atoms with van der Waals surface area (Å²) in [7, 11) is 0. The molecule has 4 heteroatoms. The Hall–Kier alpha value is -0.610. The molecular formula is C11H23NO3. The first-order valence-corrected chi connectivity index (χ1v) is 5.75. The molecule has 0 spiro atoms. The molecule has 15 heavy (non-hydrogen) atoms. The number of nitrogens with one attached hydrogen (secondary N) is 1. The summed E-state index contributed by atoms with van der Waals surface area (Å²) in [5, 5.41) is 3.13. The molecule has 0 aliphatic carbocycles. The van der Waals surface area contributed by atoms with Gasteiger partial charge in [0.1, 0.15) is 0 Å². The minimum Gasteiger partial charge on any atom is -0.466 e. The summed E-state index contributed by atoms with van der Waals surface area (Å²) in [6.45, 7) is 7.41. The Morgan fingerprint density at radius 1 is 1.20 bits per heavy atom. The van der Waals surface area contributed by atoms with Crippen molar-refractivity contribution in [1.29, 1.82) is 0 Å². The summed E-state index contributed by atoms with van der Waals surface area (Å²) >= 11 is 0. The van der Waals surface area contributed by atoms with E-state index in [1.54, 1.807) is 0 Å². The van der Waals surface area contributed by atoms with E-state index in [0.29, 0.717) is 26.2 Å². The van der Waals surface area contributed by atoms with E-state index in [-0.39, 0.29) is 5.97 Å². The summed E-state index contributed by atoms with van der Waals surface area (Å²) in [6.07, 6.45) is 2.71. The predicted molar refractivity (Wildman–Crippen MR) is 59.8 cm³/mol. The van der Waals surface area contributed by atoms with Gasteiger partial charge in [0.05, 0.1) is 19.6 Å². The maximum atomic E-state index is 10.9. The van der Waals surface area contributed by atoms with Crippen LogP contribution in [0.3, 0.4) is 0 Å². The molecule has 0 aliphatic heterocycles. The third kappa shape index (κ3) is 11.3. The lowest BCUT2D eigenvalue weighted by atomic mass is 10.4. The molecule has 0 atom stereocenters. The minimum atomic E-state index is -0.142. The summed E-state index contributed by atoms with van der Waals surface area (Å²) in [5.74, 6) is -0.142. The van der Waals surface area contributed by atoms with Crippen LogP contribution in [0, 0.1) is 0 Å². The molecule has 1 N–H and O–H groups in total. The van der Waals surface area contributed by atoms with Crippen LogP contribution in [0.1, 0.15) is 33.1 Å². The number of unbranched alkanes of at least 4 members (excludes halogenated alkanes) is 1. The number of carbonyl (C=O) groups excluding carboxylic acids is 1. The Bertz CT molecular complexity index is 151. The van der Waals surface area contributed by atoms with Crippen LogP contribution in [-0.4, -0.2) is 38.9 Å². The highest BCUT2D eigenvalue weighted by Crippen LogP contribution is 1.87. The van der Waals surface area contributed by atoms with Crippen molar-refractivity contribution < 1.29 is 14.3 Å². The lowest BCUT2D eigenvalue weighted by Crippen LogP contribution is -2.23. The summed E-state index contributed by atoms with van der Waals surface area (Å²) in [5.41, 5.74) is 0. The smallest absolute Gasteiger partial charge is 0.307 e. The van der Waals surface area contributed by atoms with Crippen molar-refractivity contribution in [2.75, 3.05) is 32.9 Å². The number of esters is 1. The van der Waals surface area contributed by atoms with Crippen LogP contribution in [0.25, 0.3) is 0 Å². The maximum Gasteiger partial charge on any atom is 0.307 e. The normalized spacial score (nSPS) is 10.3. The second-order valence-corrected chi connectivity index (χ2v) is 3.27. The second-order valence-electron chi connectivity index (χ2n) is 3.27. The van der Waals surface area contributed by atoms with Gasteiger partial charge in [-0.05, 0) is 13.3 Å². The third-order valence-electron chi connectivity index (χ3n) is 1.88. The van der Waals surface area contributed by atoms with Crippen molar-refractivity contribution in [3.8, 4) is 0 Å². The minimum absolute atomic E-state index is 0.142. The van der Waals surface area contributed by atoms with E-state index in [9.17, 15) is 4.79 Å². The molecule has 0 bridgehead atoms. The van der Waals surface area contributed by atoms with Crippen LogP contribution in [0.5, 0.6) is 0 Å². The van der Waals surface area contributed by atoms with Crippen molar-refractivity contribution in [2.24, 2.45) is 0 Å². The quantitative estimate of drug-likeness (QED) is 0.443. The molecule has 0 fully saturated rings. The second kappa shape index (κ2) is 11.5. The fourth-order valence-electron chi connectivity index (χ4n) is 1.04. The number of ether oxygens (including phenoxy) is 2. The van der Waals surface area contributed by atoms with Crippen molar-refractivity contribution in [2.45, 2.75) is 33.1 Å². The molecule has 0 saturated heterocycles. The van der Waals surface area contributed by atoms with Gasteiger partial charge in [0.2, 0.25) is 0 Å². The molecular weight excluding hydrogens is 194 g/mol. The van der Waals surface area contributed by atoms with Crippen molar-refractivity contribution in [1.82, 2.24) is 5.32 Å². The Kier molecular flexibility index (Phi) is 11.0. The summed E-state index contributed by atoms with van der Waals surface area (Å²) < 4.78 is 10.1. The Morgan fingerprint density at radius 3 is 2.67 bits per heavy atom. The average Bonchev–Trinajstić information content (AvgIpc) is 2.22. The molecule has 0 aromatic rings. The highest BCUT2D eigenvalue weighted by Gasteiger charge is 1.99. The SMILES string of the molecule is CCCCOCCNCCC(=O)OCC. The molecule has 4 nitrogen and oxygen atoms in total. The van der Waals surface area contributed by atoms with Gasteiger partial charge < -0.3 is 14.8 Å². The van der Waals surface area contributed by atoms with Crippen LogP contribution in [0.4, 0.5) is 0 Å². The molecule has 0 saturated carbocycles. The van der Waals surface area contributed by atoms with Gasteiger partial charge >= 0.3 is 5.97 Å². The van der Waals surface area contributed by atoms with Crippen LogP contribution in [-0.2, 0) is 14.3 Å². The van der Waals surface area contributed by atoms with Crippen molar-refractivity contribution >= 4 is 5.97 Å². The lowest BCUT2D eigenvalue weighted by Gasteiger charge is -2.05. The van der Waals surface area contributed by atoms with E-state index in [0.717, 1.165) is 26.0 Å². The highest BCUT2D eigenvalue weighted by atomic mass is 16.5.